The number of sulfonamides is 1. The topological polar surface area (TPSA) is 146 Å². The maximum atomic E-state index is 13.3. The molecule has 0 fully saturated rings. The Morgan fingerprint density at radius 3 is 2.26 bits per heavy atom. The third-order valence-corrected chi connectivity index (χ3v) is 6.89. The monoisotopic (exact) mass is 547 g/mol. The molecule has 0 bridgehead atoms. The summed E-state index contributed by atoms with van der Waals surface area (Å²) in [5.41, 5.74) is 10.1. The predicted octanol–water partition coefficient (Wildman–Crippen LogP) is 4.66. The fourth-order valence-electron chi connectivity index (χ4n) is 4.06. The largest absolute Gasteiger partial charge is 0.478 e. The van der Waals surface area contributed by atoms with Crippen molar-refractivity contribution in [3.8, 4) is 28.9 Å². The van der Waals surface area contributed by atoms with Gasteiger partial charge in [-0.25, -0.2) is 19.7 Å². The van der Waals surface area contributed by atoms with Gasteiger partial charge in [-0.05, 0) is 81.6 Å². The second-order valence-corrected chi connectivity index (χ2v) is 10.6. The van der Waals surface area contributed by atoms with Gasteiger partial charge in [0, 0.05) is 6.07 Å². The molecule has 0 atom stereocenters. The summed E-state index contributed by atoms with van der Waals surface area (Å²) in [4.78, 5) is 26.2. The number of nitrogens with one attached hydrogen (secondary N) is 1. The summed E-state index contributed by atoms with van der Waals surface area (Å²) < 4.78 is 39.5. The number of aromatic nitrogens is 3. The highest BCUT2D eigenvalue weighted by molar-refractivity contribution is 7.90. The van der Waals surface area contributed by atoms with E-state index in [1.807, 2.05) is 57.5 Å². The van der Waals surface area contributed by atoms with E-state index < -0.39 is 15.9 Å². The van der Waals surface area contributed by atoms with Crippen molar-refractivity contribution in [2.45, 2.75) is 39.6 Å². The minimum atomic E-state index is -4.32. The van der Waals surface area contributed by atoms with E-state index in [0.717, 1.165) is 22.3 Å². The fraction of sp³-hybridized carbons (Fsp3) is 0.214. The van der Waals surface area contributed by atoms with Crippen molar-refractivity contribution < 1.29 is 22.7 Å². The number of nitrogens with zero attached hydrogens (tertiary/aromatic N) is 3. The SMILES string of the molecule is CCOc1cc(C)cc(-c2ccc(C(=O)NS(=O)(=O)c3cccc(N)n3)c(Oc3c(C)cc(C)cc3C)n2)n1. The Labute approximate surface area is 227 Å². The first-order chi connectivity index (χ1) is 18.5. The van der Waals surface area contributed by atoms with Gasteiger partial charge in [-0.15, -0.1) is 0 Å². The van der Waals surface area contributed by atoms with E-state index in [-0.39, 0.29) is 22.3 Å². The second-order valence-electron chi connectivity index (χ2n) is 9.02. The van der Waals surface area contributed by atoms with E-state index in [4.69, 9.17) is 15.2 Å². The third kappa shape index (κ3) is 6.32. The number of nitrogen functional groups attached to an aromatic ring is 1. The van der Waals surface area contributed by atoms with Crippen LogP contribution in [-0.4, -0.2) is 35.9 Å². The summed E-state index contributed by atoms with van der Waals surface area (Å²) in [6.07, 6.45) is 0. The molecule has 4 rings (SSSR count). The number of anilines is 1. The van der Waals surface area contributed by atoms with Crippen LogP contribution in [0.3, 0.4) is 0 Å². The lowest BCUT2D eigenvalue weighted by molar-refractivity contribution is 0.0978. The van der Waals surface area contributed by atoms with Gasteiger partial charge in [0.05, 0.1) is 18.0 Å². The zero-order chi connectivity index (χ0) is 28.3. The number of hydrogen-bond donors (Lipinski definition) is 2. The van der Waals surface area contributed by atoms with Crippen molar-refractivity contribution in [1.82, 2.24) is 19.7 Å². The Hall–Kier alpha value is -4.51. The first kappa shape index (κ1) is 27.5. The molecule has 39 heavy (non-hydrogen) atoms. The van der Waals surface area contributed by atoms with Crippen molar-refractivity contribution in [1.29, 1.82) is 0 Å². The summed E-state index contributed by atoms with van der Waals surface area (Å²) in [6, 6.07) is 14.6. The molecule has 4 aromatic rings. The first-order valence-corrected chi connectivity index (χ1v) is 13.6. The molecular formula is C28H29N5O5S. The van der Waals surface area contributed by atoms with Gasteiger partial charge in [-0.3, -0.25) is 4.79 Å². The average Bonchev–Trinajstić information content (AvgIpc) is 2.85. The van der Waals surface area contributed by atoms with Crippen LogP contribution in [0.4, 0.5) is 5.82 Å². The lowest BCUT2D eigenvalue weighted by atomic mass is 10.1. The zero-order valence-electron chi connectivity index (χ0n) is 22.3. The highest BCUT2D eigenvalue weighted by atomic mass is 32.2. The van der Waals surface area contributed by atoms with Crippen molar-refractivity contribution in [2.24, 2.45) is 0 Å². The fourth-order valence-corrected chi connectivity index (χ4v) is 5.00. The summed E-state index contributed by atoms with van der Waals surface area (Å²) in [6.45, 7) is 9.94. The number of hydrogen-bond acceptors (Lipinski definition) is 9. The predicted molar refractivity (Wildman–Crippen MR) is 147 cm³/mol. The number of aryl methyl sites for hydroxylation is 4. The van der Waals surface area contributed by atoms with Crippen LogP contribution in [0.5, 0.6) is 17.5 Å². The van der Waals surface area contributed by atoms with E-state index in [2.05, 4.69) is 15.0 Å². The molecule has 3 aromatic heterocycles. The molecule has 0 aliphatic heterocycles. The number of benzene rings is 1. The third-order valence-electron chi connectivity index (χ3n) is 5.66. The van der Waals surface area contributed by atoms with Crippen LogP contribution in [0.25, 0.3) is 11.4 Å². The van der Waals surface area contributed by atoms with Crippen molar-refractivity contribution in [2.75, 3.05) is 12.3 Å². The van der Waals surface area contributed by atoms with Crippen molar-refractivity contribution in [3.05, 3.63) is 82.4 Å². The number of ether oxygens (including phenoxy) is 2. The van der Waals surface area contributed by atoms with Gasteiger partial charge in [0.25, 0.3) is 15.9 Å². The standard InChI is InChI=1S/C28H29N5O5S/c1-6-37-24-15-17(3)14-22(30-24)21-11-10-20(27(34)33-39(35,36)25-9-7-8-23(29)32-25)28(31-21)38-26-18(4)12-16(2)13-19(26)5/h7-15H,6H2,1-5H3,(H2,29,32)(H,33,34). The number of pyridine rings is 3. The van der Waals surface area contributed by atoms with Gasteiger partial charge < -0.3 is 15.2 Å². The zero-order valence-corrected chi connectivity index (χ0v) is 23.1. The summed E-state index contributed by atoms with van der Waals surface area (Å²) in [5, 5.41) is -0.388. The summed E-state index contributed by atoms with van der Waals surface area (Å²) in [5.74, 6) is -0.0841. The van der Waals surface area contributed by atoms with E-state index >= 15 is 0 Å². The highest BCUT2D eigenvalue weighted by Crippen LogP contribution is 2.33. The molecule has 202 valence electrons. The van der Waals surface area contributed by atoms with Crippen LogP contribution in [-0.2, 0) is 10.0 Å². The Bertz CT molecular complexity index is 1650. The summed E-state index contributed by atoms with van der Waals surface area (Å²) >= 11 is 0. The Morgan fingerprint density at radius 2 is 1.59 bits per heavy atom. The molecule has 0 saturated heterocycles. The van der Waals surface area contributed by atoms with Crippen LogP contribution >= 0.6 is 0 Å². The molecule has 11 heteroatoms. The highest BCUT2D eigenvalue weighted by Gasteiger charge is 2.25. The Morgan fingerprint density at radius 1 is 0.897 bits per heavy atom. The molecule has 1 aromatic carbocycles. The number of carbonyl (C=O) groups excluding carboxylic acids is 1. The quantitative estimate of drug-likeness (QED) is 0.321. The first-order valence-electron chi connectivity index (χ1n) is 12.1. The average molecular weight is 548 g/mol. The van der Waals surface area contributed by atoms with Crippen molar-refractivity contribution in [3.63, 3.8) is 0 Å². The minimum Gasteiger partial charge on any atom is -0.478 e. The van der Waals surface area contributed by atoms with E-state index in [0.29, 0.717) is 29.6 Å². The van der Waals surface area contributed by atoms with Gasteiger partial charge in [0.15, 0.2) is 5.03 Å². The minimum absolute atomic E-state index is 0.00256. The molecule has 0 saturated carbocycles. The van der Waals surface area contributed by atoms with Gasteiger partial charge in [0.1, 0.15) is 17.1 Å². The molecule has 0 aliphatic rings. The number of amides is 1. The molecular weight excluding hydrogens is 518 g/mol. The molecule has 1 amide bonds. The van der Waals surface area contributed by atoms with Crippen LogP contribution in [0.15, 0.2) is 59.6 Å². The Balaban J connectivity index is 1.80. The maximum absolute atomic E-state index is 13.3. The molecule has 10 nitrogen and oxygen atoms in total. The molecule has 3 N–H and O–H groups in total. The van der Waals surface area contributed by atoms with E-state index in [9.17, 15) is 13.2 Å². The second kappa shape index (κ2) is 11.1. The van der Waals surface area contributed by atoms with E-state index in [1.165, 1.54) is 24.3 Å². The lowest BCUT2D eigenvalue weighted by Crippen LogP contribution is -2.31. The van der Waals surface area contributed by atoms with Gasteiger partial charge in [0.2, 0.25) is 11.8 Å². The van der Waals surface area contributed by atoms with Crippen LogP contribution in [0.1, 0.15) is 39.5 Å². The Kier molecular flexibility index (Phi) is 7.82. The summed E-state index contributed by atoms with van der Waals surface area (Å²) in [7, 11) is -4.32. The van der Waals surface area contributed by atoms with Crippen LogP contribution in [0.2, 0.25) is 0 Å². The molecule has 0 unspecified atom stereocenters. The van der Waals surface area contributed by atoms with Gasteiger partial charge in [-0.1, -0.05) is 23.8 Å². The van der Waals surface area contributed by atoms with Crippen LogP contribution < -0.4 is 19.9 Å². The number of nitrogens with two attached hydrogens (primary N) is 1. The maximum Gasteiger partial charge on any atom is 0.281 e. The number of carbonyl (C=O) groups is 1. The number of rotatable bonds is 8. The smallest absolute Gasteiger partial charge is 0.281 e. The molecule has 3 heterocycles. The van der Waals surface area contributed by atoms with Gasteiger partial charge in [-0.2, -0.15) is 8.42 Å². The van der Waals surface area contributed by atoms with Gasteiger partial charge >= 0.3 is 0 Å². The van der Waals surface area contributed by atoms with E-state index in [1.54, 1.807) is 12.1 Å². The van der Waals surface area contributed by atoms with Crippen LogP contribution in [0, 0.1) is 27.7 Å². The normalized spacial score (nSPS) is 11.2. The van der Waals surface area contributed by atoms with Crippen molar-refractivity contribution >= 4 is 21.7 Å². The molecule has 0 spiro atoms. The lowest BCUT2D eigenvalue weighted by Gasteiger charge is -2.16. The molecule has 0 radical (unpaired) electrons. The molecule has 0 aliphatic carbocycles.